The summed E-state index contributed by atoms with van der Waals surface area (Å²) in [6.07, 6.45) is 11.6. The summed E-state index contributed by atoms with van der Waals surface area (Å²) in [7, 11) is 0. The van der Waals surface area contributed by atoms with E-state index in [1.165, 1.54) is 5.57 Å². The van der Waals surface area contributed by atoms with Crippen molar-refractivity contribution >= 4 is 0 Å². The van der Waals surface area contributed by atoms with Gasteiger partial charge in [-0.1, -0.05) is 31.6 Å². The summed E-state index contributed by atoms with van der Waals surface area (Å²) in [5, 5.41) is 0. The van der Waals surface area contributed by atoms with Crippen LogP contribution in [0.4, 0.5) is 0 Å². The molecule has 0 saturated heterocycles. The van der Waals surface area contributed by atoms with Crippen molar-refractivity contribution in [3.63, 3.8) is 0 Å². The molecule has 60 valence electrons. The number of hydrogen-bond acceptors (Lipinski definition) is 1. The zero-order valence-corrected chi connectivity index (χ0v) is 7.01. The van der Waals surface area contributed by atoms with Crippen molar-refractivity contribution in [3.05, 3.63) is 35.6 Å². The zero-order valence-electron chi connectivity index (χ0n) is 7.01. The maximum absolute atomic E-state index is 5.81. The molecule has 0 aromatic rings. The van der Waals surface area contributed by atoms with E-state index in [1.807, 2.05) is 6.08 Å². The standard InChI is InChI=1S/C10H15N/c1-2-6-9-7-4-3-5-8-10(9)11/h4-5,7-8H,2-3,6,11H2,1H3. The average Bonchev–Trinajstić information content (AvgIpc) is 2.18. The third-order valence-corrected chi connectivity index (χ3v) is 1.78. The van der Waals surface area contributed by atoms with Gasteiger partial charge in [0.05, 0.1) is 0 Å². The van der Waals surface area contributed by atoms with E-state index in [-0.39, 0.29) is 0 Å². The molecule has 1 aliphatic rings. The van der Waals surface area contributed by atoms with Crippen molar-refractivity contribution in [2.75, 3.05) is 0 Å². The Labute approximate surface area is 68.3 Å². The fourth-order valence-corrected chi connectivity index (χ4v) is 1.18. The molecule has 1 nitrogen and oxygen atoms in total. The Balaban J connectivity index is 2.76. The molecule has 1 aliphatic carbocycles. The summed E-state index contributed by atoms with van der Waals surface area (Å²) in [5.74, 6) is 0. The summed E-state index contributed by atoms with van der Waals surface area (Å²) < 4.78 is 0. The van der Waals surface area contributed by atoms with Crippen molar-refractivity contribution in [2.24, 2.45) is 5.73 Å². The van der Waals surface area contributed by atoms with Gasteiger partial charge in [-0.2, -0.15) is 0 Å². The van der Waals surface area contributed by atoms with E-state index in [0.717, 1.165) is 25.0 Å². The monoisotopic (exact) mass is 149 g/mol. The minimum atomic E-state index is 0.931. The predicted octanol–water partition coefficient (Wildman–Crippen LogP) is 2.52. The van der Waals surface area contributed by atoms with Gasteiger partial charge in [0.1, 0.15) is 0 Å². The Hall–Kier alpha value is -0.980. The highest BCUT2D eigenvalue weighted by Crippen LogP contribution is 2.13. The predicted molar refractivity (Wildman–Crippen MR) is 49.0 cm³/mol. The molecule has 0 heterocycles. The topological polar surface area (TPSA) is 26.0 Å². The van der Waals surface area contributed by atoms with Crippen LogP contribution in [0, 0.1) is 0 Å². The van der Waals surface area contributed by atoms with Crippen molar-refractivity contribution in [1.82, 2.24) is 0 Å². The molecule has 1 heteroatoms. The Morgan fingerprint density at radius 3 is 2.82 bits per heavy atom. The molecule has 0 radical (unpaired) electrons. The van der Waals surface area contributed by atoms with Crippen LogP contribution in [0.1, 0.15) is 26.2 Å². The van der Waals surface area contributed by atoms with E-state index in [1.54, 1.807) is 0 Å². The van der Waals surface area contributed by atoms with Crippen LogP contribution in [0.5, 0.6) is 0 Å². The van der Waals surface area contributed by atoms with Crippen LogP contribution >= 0.6 is 0 Å². The molecule has 0 atom stereocenters. The highest BCUT2D eigenvalue weighted by atomic mass is 14.6. The van der Waals surface area contributed by atoms with Crippen molar-refractivity contribution < 1.29 is 0 Å². The normalized spacial score (nSPS) is 17.2. The van der Waals surface area contributed by atoms with Crippen LogP contribution in [0.15, 0.2) is 35.6 Å². The van der Waals surface area contributed by atoms with Gasteiger partial charge in [0, 0.05) is 5.70 Å². The van der Waals surface area contributed by atoms with E-state index in [9.17, 15) is 0 Å². The first kappa shape index (κ1) is 8.12. The van der Waals surface area contributed by atoms with E-state index in [2.05, 4.69) is 25.2 Å². The molecule has 0 aromatic carbocycles. The fraction of sp³-hybridized carbons (Fsp3) is 0.400. The van der Waals surface area contributed by atoms with E-state index in [0.29, 0.717) is 0 Å². The Bertz CT molecular complexity index is 209. The molecule has 2 N–H and O–H groups in total. The molecular weight excluding hydrogens is 134 g/mol. The summed E-state index contributed by atoms with van der Waals surface area (Å²) in [6.45, 7) is 2.17. The smallest absolute Gasteiger partial charge is 0.0343 e. The highest BCUT2D eigenvalue weighted by Gasteiger charge is 1.97. The summed E-state index contributed by atoms with van der Waals surface area (Å²) in [5.41, 5.74) is 8.02. The number of allylic oxidation sites excluding steroid dienone is 5. The van der Waals surface area contributed by atoms with Crippen molar-refractivity contribution in [2.45, 2.75) is 26.2 Å². The largest absolute Gasteiger partial charge is 0.399 e. The lowest BCUT2D eigenvalue weighted by atomic mass is 10.1. The highest BCUT2D eigenvalue weighted by molar-refractivity contribution is 5.33. The molecule has 0 aromatic heterocycles. The average molecular weight is 149 g/mol. The minimum Gasteiger partial charge on any atom is -0.399 e. The molecule has 0 bridgehead atoms. The molecule has 0 fully saturated rings. The molecule has 0 unspecified atom stereocenters. The first-order valence-electron chi connectivity index (χ1n) is 4.16. The molecule has 1 rings (SSSR count). The van der Waals surface area contributed by atoms with Crippen LogP contribution in [-0.4, -0.2) is 0 Å². The van der Waals surface area contributed by atoms with Gasteiger partial charge >= 0.3 is 0 Å². The molecule has 0 spiro atoms. The van der Waals surface area contributed by atoms with Gasteiger partial charge in [0.15, 0.2) is 0 Å². The molecule has 0 amide bonds. The van der Waals surface area contributed by atoms with Crippen LogP contribution in [0.2, 0.25) is 0 Å². The number of rotatable bonds is 2. The van der Waals surface area contributed by atoms with E-state index in [4.69, 9.17) is 5.73 Å². The second-order valence-electron chi connectivity index (χ2n) is 2.77. The number of nitrogens with two attached hydrogens (primary N) is 1. The first-order valence-corrected chi connectivity index (χ1v) is 4.16. The first-order chi connectivity index (χ1) is 5.34. The Morgan fingerprint density at radius 1 is 1.36 bits per heavy atom. The second-order valence-corrected chi connectivity index (χ2v) is 2.77. The van der Waals surface area contributed by atoms with Crippen molar-refractivity contribution in [3.8, 4) is 0 Å². The van der Waals surface area contributed by atoms with Crippen LogP contribution in [-0.2, 0) is 0 Å². The Kier molecular flexibility index (Phi) is 2.96. The summed E-state index contributed by atoms with van der Waals surface area (Å²) in [4.78, 5) is 0. The molecule has 11 heavy (non-hydrogen) atoms. The third-order valence-electron chi connectivity index (χ3n) is 1.78. The van der Waals surface area contributed by atoms with E-state index >= 15 is 0 Å². The maximum atomic E-state index is 5.81. The van der Waals surface area contributed by atoms with Gasteiger partial charge in [-0.05, 0) is 24.5 Å². The zero-order chi connectivity index (χ0) is 8.10. The molecule has 0 aliphatic heterocycles. The quantitative estimate of drug-likeness (QED) is 0.641. The van der Waals surface area contributed by atoms with E-state index < -0.39 is 0 Å². The van der Waals surface area contributed by atoms with Gasteiger partial charge in [-0.25, -0.2) is 0 Å². The van der Waals surface area contributed by atoms with Crippen LogP contribution in [0.3, 0.4) is 0 Å². The number of hydrogen-bond donors (Lipinski definition) is 1. The van der Waals surface area contributed by atoms with Gasteiger partial charge < -0.3 is 5.73 Å². The van der Waals surface area contributed by atoms with Gasteiger partial charge in [0.2, 0.25) is 0 Å². The molecule has 0 saturated carbocycles. The Morgan fingerprint density at radius 2 is 2.09 bits per heavy atom. The lowest BCUT2D eigenvalue weighted by Crippen LogP contribution is -1.97. The van der Waals surface area contributed by atoms with Crippen molar-refractivity contribution in [1.29, 1.82) is 0 Å². The third kappa shape index (κ3) is 2.26. The molecular formula is C10H15N. The second kappa shape index (κ2) is 4.02. The summed E-state index contributed by atoms with van der Waals surface area (Å²) >= 11 is 0. The maximum Gasteiger partial charge on any atom is 0.0343 e. The van der Waals surface area contributed by atoms with Crippen LogP contribution < -0.4 is 5.73 Å². The van der Waals surface area contributed by atoms with Gasteiger partial charge in [-0.3, -0.25) is 0 Å². The van der Waals surface area contributed by atoms with Gasteiger partial charge in [-0.15, -0.1) is 0 Å². The lowest BCUT2D eigenvalue weighted by molar-refractivity contribution is 0.915. The minimum absolute atomic E-state index is 0.931. The SMILES string of the molecule is CCCC1=C(N)C=CCC=C1. The van der Waals surface area contributed by atoms with Gasteiger partial charge in [0.25, 0.3) is 0 Å². The fourth-order valence-electron chi connectivity index (χ4n) is 1.18. The summed E-state index contributed by atoms with van der Waals surface area (Å²) in [6, 6.07) is 0. The lowest BCUT2D eigenvalue weighted by Gasteiger charge is -2.00. The van der Waals surface area contributed by atoms with Crippen LogP contribution in [0.25, 0.3) is 0 Å².